The van der Waals surface area contributed by atoms with Crippen molar-refractivity contribution in [1.29, 1.82) is 0 Å². The van der Waals surface area contributed by atoms with Crippen LogP contribution in [0.15, 0.2) is 18.2 Å². The third kappa shape index (κ3) is 3.61. The number of hydrogen-bond donors (Lipinski definition) is 4. The van der Waals surface area contributed by atoms with Crippen LogP contribution in [0.3, 0.4) is 0 Å². The Bertz CT molecular complexity index is 776. The molecular formula is C17H20ClFN4O3S. The van der Waals surface area contributed by atoms with Gasteiger partial charge in [-0.15, -0.1) is 0 Å². The summed E-state index contributed by atoms with van der Waals surface area (Å²) in [6.45, 7) is 1.75. The third-order valence-electron chi connectivity index (χ3n) is 5.27. The van der Waals surface area contributed by atoms with Crippen molar-refractivity contribution in [3.8, 4) is 5.75 Å². The first-order chi connectivity index (χ1) is 12.8. The number of hydrogen-bond acceptors (Lipinski definition) is 6. The minimum Gasteiger partial charge on any atom is -0.484 e. The van der Waals surface area contributed by atoms with Crippen molar-refractivity contribution in [3.63, 3.8) is 0 Å². The highest BCUT2D eigenvalue weighted by Gasteiger charge is 2.69. The minimum absolute atomic E-state index is 0.00461. The highest BCUT2D eigenvalue weighted by molar-refractivity contribution is 7.99. The predicted molar refractivity (Wildman–Crippen MR) is 99.6 cm³/mol. The number of carbonyl (C=O) groups excluding carboxylic acids is 2. The molecule has 3 saturated carbocycles. The molecule has 1 heterocycles. The number of halogens is 2. The molecule has 0 aromatic heterocycles. The van der Waals surface area contributed by atoms with Gasteiger partial charge < -0.3 is 15.4 Å². The van der Waals surface area contributed by atoms with Gasteiger partial charge in [-0.1, -0.05) is 23.5 Å². The number of nitrogens with one attached hydrogen (secondary N) is 4. The monoisotopic (exact) mass is 414 g/mol. The summed E-state index contributed by atoms with van der Waals surface area (Å²) in [7, 11) is 0. The van der Waals surface area contributed by atoms with Crippen molar-refractivity contribution >= 4 is 35.4 Å². The number of ether oxygens (including phenoxy) is 1. The van der Waals surface area contributed by atoms with E-state index < -0.39 is 5.82 Å². The van der Waals surface area contributed by atoms with E-state index in [1.54, 1.807) is 0 Å². The molecule has 7 nitrogen and oxygen atoms in total. The van der Waals surface area contributed by atoms with E-state index >= 15 is 0 Å². The van der Waals surface area contributed by atoms with E-state index in [4.69, 9.17) is 16.3 Å². The molecule has 1 aliphatic heterocycles. The zero-order valence-corrected chi connectivity index (χ0v) is 16.2. The van der Waals surface area contributed by atoms with Gasteiger partial charge in [0.05, 0.1) is 5.02 Å². The number of benzene rings is 1. The molecule has 4 aliphatic rings. The van der Waals surface area contributed by atoms with Gasteiger partial charge in [0.25, 0.3) is 5.91 Å². The van der Waals surface area contributed by atoms with E-state index in [1.165, 1.54) is 24.1 Å². The van der Waals surface area contributed by atoms with Gasteiger partial charge in [-0.25, -0.2) is 14.6 Å². The summed E-state index contributed by atoms with van der Waals surface area (Å²) >= 11 is 6.99. The molecule has 146 valence electrons. The molecule has 4 N–H and O–H groups in total. The molecule has 1 saturated heterocycles. The molecule has 2 amide bonds. The lowest BCUT2D eigenvalue weighted by Crippen LogP contribution is -2.84. The number of hydrazine groups is 1. The molecule has 3 aliphatic carbocycles. The lowest BCUT2D eigenvalue weighted by Gasteiger charge is -2.70. The van der Waals surface area contributed by atoms with E-state index in [1.807, 2.05) is 6.92 Å². The molecule has 0 spiro atoms. The number of rotatable bonds is 6. The van der Waals surface area contributed by atoms with Gasteiger partial charge in [-0.05, 0) is 38.3 Å². The molecule has 2 atom stereocenters. The molecule has 2 unspecified atom stereocenters. The van der Waals surface area contributed by atoms with Crippen LogP contribution in [-0.2, 0) is 9.59 Å². The fourth-order valence-electron chi connectivity index (χ4n) is 4.08. The largest absolute Gasteiger partial charge is 0.484 e. The van der Waals surface area contributed by atoms with Crippen molar-refractivity contribution in [3.05, 3.63) is 29.0 Å². The van der Waals surface area contributed by atoms with E-state index in [0.717, 1.165) is 25.3 Å². The second-order valence-electron chi connectivity index (χ2n) is 7.57. The average Bonchev–Trinajstić information content (AvgIpc) is 2.99. The summed E-state index contributed by atoms with van der Waals surface area (Å²) in [6, 6.07) is 4.10. The SMILES string of the molecule is CC1NNSC1C(=O)NC12CC(NC(=O)COc3ccc(Cl)c(F)c3)(C1)C2. The van der Waals surface area contributed by atoms with Crippen LogP contribution in [0.4, 0.5) is 4.39 Å². The van der Waals surface area contributed by atoms with Crippen LogP contribution in [0.1, 0.15) is 26.2 Å². The van der Waals surface area contributed by atoms with Gasteiger partial charge in [0.2, 0.25) is 5.91 Å². The van der Waals surface area contributed by atoms with Crippen molar-refractivity contribution in [2.45, 2.75) is 48.6 Å². The van der Waals surface area contributed by atoms with E-state index in [-0.39, 0.29) is 51.6 Å². The Balaban J connectivity index is 1.21. The molecule has 4 fully saturated rings. The van der Waals surface area contributed by atoms with Crippen LogP contribution in [-0.4, -0.2) is 40.8 Å². The second-order valence-corrected chi connectivity index (χ2v) is 8.92. The lowest BCUT2D eigenvalue weighted by molar-refractivity contribution is -0.150. The van der Waals surface area contributed by atoms with Crippen LogP contribution < -0.4 is 25.6 Å². The number of carbonyl (C=O) groups is 2. The minimum atomic E-state index is -0.591. The lowest BCUT2D eigenvalue weighted by atomic mass is 9.44. The van der Waals surface area contributed by atoms with Crippen molar-refractivity contribution in [2.24, 2.45) is 0 Å². The zero-order chi connectivity index (χ0) is 19.2. The first-order valence-corrected chi connectivity index (χ1v) is 9.93. The Morgan fingerprint density at radius 1 is 1.33 bits per heavy atom. The Kier molecular flexibility index (Phi) is 4.74. The maximum Gasteiger partial charge on any atom is 0.258 e. The quantitative estimate of drug-likeness (QED) is 0.524. The Morgan fingerprint density at radius 2 is 2.04 bits per heavy atom. The van der Waals surface area contributed by atoms with Crippen LogP contribution in [0.25, 0.3) is 0 Å². The summed E-state index contributed by atoms with van der Waals surface area (Å²) in [5.74, 6) is -0.596. The van der Waals surface area contributed by atoms with Crippen molar-refractivity contribution in [1.82, 2.24) is 20.9 Å². The van der Waals surface area contributed by atoms with Gasteiger partial charge in [0.15, 0.2) is 6.61 Å². The van der Waals surface area contributed by atoms with Crippen LogP contribution in [0, 0.1) is 5.82 Å². The topological polar surface area (TPSA) is 91.5 Å². The fourth-order valence-corrected chi connectivity index (χ4v) is 5.02. The first kappa shape index (κ1) is 18.8. The van der Waals surface area contributed by atoms with Crippen LogP contribution in [0.2, 0.25) is 5.02 Å². The van der Waals surface area contributed by atoms with Gasteiger partial charge in [0.1, 0.15) is 16.8 Å². The smallest absolute Gasteiger partial charge is 0.258 e. The highest BCUT2D eigenvalue weighted by Crippen LogP contribution is 2.60. The van der Waals surface area contributed by atoms with Crippen molar-refractivity contribution < 1.29 is 18.7 Å². The number of amides is 2. The summed E-state index contributed by atoms with van der Waals surface area (Å²) < 4.78 is 18.7. The van der Waals surface area contributed by atoms with Crippen LogP contribution in [0.5, 0.6) is 5.75 Å². The average molecular weight is 415 g/mol. The molecule has 0 radical (unpaired) electrons. The van der Waals surface area contributed by atoms with Gasteiger partial charge >= 0.3 is 0 Å². The summed E-state index contributed by atoms with van der Waals surface area (Å²) in [5, 5.41) is 5.92. The Labute approximate surface area is 165 Å². The summed E-state index contributed by atoms with van der Waals surface area (Å²) in [4.78, 5) is 27.4. The maximum absolute atomic E-state index is 13.4. The standard InChI is InChI=1S/C17H20ClFN4O3S/c1-9-14(27-23-22-9)15(25)21-17-6-16(7-17,8-17)20-13(24)5-26-10-2-3-11(18)12(19)4-10/h2-4,9,14,22-23H,5-8H2,1H3,(H,20,24)(H,21,25). The zero-order valence-electron chi connectivity index (χ0n) is 14.6. The molecule has 2 bridgehead atoms. The molecule has 27 heavy (non-hydrogen) atoms. The van der Waals surface area contributed by atoms with Gasteiger partial charge in [-0.2, -0.15) is 0 Å². The molecule has 1 aromatic rings. The van der Waals surface area contributed by atoms with Gasteiger partial charge in [-0.3, -0.25) is 9.59 Å². The van der Waals surface area contributed by atoms with E-state index in [0.29, 0.717) is 0 Å². The first-order valence-electron chi connectivity index (χ1n) is 8.67. The second kappa shape index (κ2) is 6.80. The predicted octanol–water partition coefficient (Wildman–Crippen LogP) is 1.28. The van der Waals surface area contributed by atoms with E-state index in [2.05, 4.69) is 20.9 Å². The third-order valence-corrected chi connectivity index (χ3v) is 6.69. The summed E-state index contributed by atoms with van der Waals surface area (Å²) in [6.07, 6.45) is 2.17. The van der Waals surface area contributed by atoms with Gasteiger partial charge in [0, 0.05) is 23.2 Å². The molecular weight excluding hydrogens is 395 g/mol. The maximum atomic E-state index is 13.4. The van der Waals surface area contributed by atoms with Crippen molar-refractivity contribution in [2.75, 3.05) is 6.61 Å². The highest BCUT2D eigenvalue weighted by atomic mass is 35.5. The molecule has 5 rings (SSSR count). The normalized spacial score (nSPS) is 33.6. The summed E-state index contributed by atoms with van der Waals surface area (Å²) in [5.41, 5.74) is 2.54. The Morgan fingerprint density at radius 3 is 2.67 bits per heavy atom. The van der Waals surface area contributed by atoms with Crippen LogP contribution >= 0.6 is 23.5 Å². The fraction of sp³-hybridized carbons (Fsp3) is 0.529. The Hall–Kier alpha value is -1.55. The molecule has 10 heteroatoms. The van der Waals surface area contributed by atoms with E-state index in [9.17, 15) is 14.0 Å². The molecule has 1 aromatic carbocycles.